The van der Waals surface area contributed by atoms with Gasteiger partial charge in [0.15, 0.2) is 6.10 Å². The molecule has 0 heterocycles. The summed E-state index contributed by atoms with van der Waals surface area (Å²) in [5.74, 6) is -0.965. The van der Waals surface area contributed by atoms with Gasteiger partial charge in [0.2, 0.25) is 0 Å². The lowest BCUT2D eigenvalue weighted by molar-refractivity contribution is -0.167. The maximum atomic E-state index is 12.9. The zero-order valence-electron chi connectivity index (χ0n) is 50.2. The zero-order chi connectivity index (χ0) is 55.7. The first-order valence-corrected chi connectivity index (χ1v) is 32.0. The fourth-order valence-corrected chi connectivity index (χ4v) is 8.62. The zero-order valence-corrected chi connectivity index (χ0v) is 50.2. The SMILES string of the molecule is CC/C=C\C/C=C\C/C=C\C/C=C\C/C=C\CCCCCC(=O)OC[C@H](COC(=O)CCCCCCCCCCCCC/C=C\CCCCCCCC)OC(=O)CCCCC/C=C\C/C=C\C/C=C\C/C=C\CCCCC. The van der Waals surface area contributed by atoms with Crippen LogP contribution in [0.4, 0.5) is 0 Å². The van der Waals surface area contributed by atoms with Crippen LogP contribution in [0.2, 0.25) is 0 Å². The highest BCUT2D eigenvalue weighted by Crippen LogP contribution is 2.15. The summed E-state index contributed by atoms with van der Waals surface area (Å²) in [6, 6.07) is 0. The number of esters is 3. The van der Waals surface area contributed by atoms with Gasteiger partial charge in [0.1, 0.15) is 13.2 Å². The molecule has 0 aromatic rings. The molecular weight excluding hydrogens is 949 g/mol. The summed E-state index contributed by atoms with van der Waals surface area (Å²) in [5, 5.41) is 0. The van der Waals surface area contributed by atoms with Crippen molar-refractivity contribution >= 4 is 17.9 Å². The molecule has 0 radical (unpaired) electrons. The molecule has 1 atom stereocenters. The fourth-order valence-electron chi connectivity index (χ4n) is 8.62. The Kier molecular flexibility index (Phi) is 60.8. The Balaban J connectivity index is 4.50. The molecule has 0 rings (SSSR count). The molecule has 0 saturated carbocycles. The van der Waals surface area contributed by atoms with E-state index in [9.17, 15) is 14.4 Å². The summed E-state index contributed by atoms with van der Waals surface area (Å²) >= 11 is 0. The number of hydrogen-bond donors (Lipinski definition) is 0. The van der Waals surface area contributed by atoms with Gasteiger partial charge in [-0.05, 0) is 135 Å². The Morgan fingerprint density at radius 2 is 0.506 bits per heavy atom. The second kappa shape index (κ2) is 64.3. The van der Waals surface area contributed by atoms with Gasteiger partial charge in [-0.15, -0.1) is 0 Å². The van der Waals surface area contributed by atoms with E-state index in [0.29, 0.717) is 12.8 Å². The molecular formula is C71H118O6. The topological polar surface area (TPSA) is 78.9 Å². The molecule has 0 aromatic carbocycles. The Hall–Kier alpha value is -4.19. The highest BCUT2D eigenvalue weighted by molar-refractivity contribution is 5.71. The average Bonchev–Trinajstić information content (AvgIpc) is 3.43. The quantitative estimate of drug-likeness (QED) is 0.0261. The second-order valence-corrected chi connectivity index (χ2v) is 20.9. The Morgan fingerprint density at radius 3 is 0.844 bits per heavy atom. The average molecular weight is 1070 g/mol. The number of carbonyl (C=O) groups is 3. The van der Waals surface area contributed by atoms with Gasteiger partial charge in [-0.1, -0.05) is 258 Å². The molecule has 6 nitrogen and oxygen atoms in total. The first kappa shape index (κ1) is 72.8. The van der Waals surface area contributed by atoms with Crippen molar-refractivity contribution in [1.29, 1.82) is 0 Å². The van der Waals surface area contributed by atoms with Crippen LogP contribution in [0.5, 0.6) is 0 Å². The molecule has 0 saturated heterocycles. The standard InChI is InChI=1S/C71H118O6/c1-4-7-10-13-16-19-22-25-28-31-34-35-38-40-43-46-49-52-55-58-61-64-70(73)76-67-68(77-71(74)65-62-59-56-53-50-47-44-41-37-33-30-27-24-21-18-15-12-9-6-3)66-75-69(72)63-60-57-54-51-48-45-42-39-36-32-29-26-23-20-17-14-11-8-5-2/h8,11,17-18,20-21,25-30,36-37,39,41,45,47-48,50,68H,4-7,9-10,12-16,19,22-24,31-35,38,40,42-44,46,49,51-67H2,1-3H3/b11-8-,20-17-,21-18-,28-25-,29-26-,30-27-,39-36-,41-37-,48-45-,50-47-/t68-/m1/s1. The van der Waals surface area contributed by atoms with Crippen LogP contribution < -0.4 is 0 Å². The van der Waals surface area contributed by atoms with E-state index < -0.39 is 6.10 Å². The smallest absolute Gasteiger partial charge is 0.306 e. The molecule has 0 aromatic heterocycles. The van der Waals surface area contributed by atoms with E-state index >= 15 is 0 Å². The van der Waals surface area contributed by atoms with E-state index in [4.69, 9.17) is 14.2 Å². The molecule has 438 valence electrons. The number of allylic oxidation sites excluding steroid dienone is 20. The molecule has 0 aliphatic rings. The third kappa shape index (κ3) is 62.5. The summed E-state index contributed by atoms with van der Waals surface area (Å²) < 4.78 is 16.9. The van der Waals surface area contributed by atoms with Crippen LogP contribution in [0, 0.1) is 0 Å². The van der Waals surface area contributed by atoms with Gasteiger partial charge < -0.3 is 14.2 Å². The van der Waals surface area contributed by atoms with Crippen LogP contribution in [-0.2, 0) is 28.6 Å². The third-order valence-electron chi connectivity index (χ3n) is 13.4. The van der Waals surface area contributed by atoms with Gasteiger partial charge >= 0.3 is 17.9 Å². The van der Waals surface area contributed by atoms with Gasteiger partial charge in [-0.25, -0.2) is 0 Å². The van der Waals surface area contributed by atoms with E-state index in [0.717, 1.165) is 122 Å². The van der Waals surface area contributed by atoms with Crippen molar-refractivity contribution in [2.24, 2.45) is 0 Å². The van der Waals surface area contributed by atoms with Crippen LogP contribution >= 0.6 is 0 Å². The van der Waals surface area contributed by atoms with Crippen LogP contribution in [0.15, 0.2) is 122 Å². The van der Waals surface area contributed by atoms with E-state index in [2.05, 4.69) is 142 Å². The van der Waals surface area contributed by atoms with Gasteiger partial charge in [0.25, 0.3) is 0 Å². The van der Waals surface area contributed by atoms with Crippen molar-refractivity contribution in [3.8, 4) is 0 Å². The number of ether oxygens (including phenoxy) is 3. The molecule has 0 N–H and O–H groups in total. The van der Waals surface area contributed by atoms with Crippen LogP contribution in [0.1, 0.15) is 290 Å². The van der Waals surface area contributed by atoms with Gasteiger partial charge in [-0.2, -0.15) is 0 Å². The largest absolute Gasteiger partial charge is 0.462 e. The molecule has 0 bridgehead atoms. The highest BCUT2D eigenvalue weighted by Gasteiger charge is 2.19. The van der Waals surface area contributed by atoms with Crippen molar-refractivity contribution < 1.29 is 28.6 Å². The molecule has 6 heteroatoms. The summed E-state index contributed by atoms with van der Waals surface area (Å²) in [6.07, 6.45) is 89.1. The van der Waals surface area contributed by atoms with Crippen LogP contribution in [0.25, 0.3) is 0 Å². The summed E-state index contributed by atoms with van der Waals surface area (Å²) in [4.78, 5) is 38.3. The minimum atomic E-state index is -0.814. The Morgan fingerprint density at radius 1 is 0.273 bits per heavy atom. The minimum absolute atomic E-state index is 0.104. The van der Waals surface area contributed by atoms with Gasteiger partial charge in [-0.3, -0.25) is 14.4 Å². The summed E-state index contributed by atoms with van der Waals surface area (Å²) in [6.45, 7) is 6.46. The fraction of sp³-hybridized carbons (Fsp3) is 0.676. The summed E-state index contributed by atoms with van der Waals surface area (Å²) in [7, 11) is 0. The minimum Gasteiger partial charge on any atom is -0.462 e. The molecule has 0 aliphatic heterocycles. The normalized spacial score (nSPS) is 12.9. The molecule has 0 spiro atoms. The monoisotopic (exact) mass is 1070 g/mol. The molecule has 0 unspecified atom stereocenters. The predicted molar refractivity (Wildman–Crippen MR) is 334 cm³/mol. The number of carbonyl (C=O) groups excluding carboxylic acids is 3. The third-order valence-corrected chi connectivity index (χ3v) is 13.4. The molecule has 0 fully saturated rings. The maximum Gasteiger partial charge on any atom is 0.306 e. The van der Waals surface area contributed by atoms with E-state index in [1.807, 2.05) is 0 Å². The molecule has 0 aliphatic carbocycles. The van der Waals surface area contributed by atoms with Gasteiger partial charge in [0, 0.05) is 19.3 Å². The first-order chi connectivity index (χ1) is 38.0. The van der Waals surface area contributed by atoms with Gasteiger partial charge in [0.05, 0.1) is 0 Å². The Bertz CT molecular complexity index is 1600. The summed E-state index contributed by atoms with van der Waals surface area (Å²) in [5.41, 5.74) is 0. The first-order valence-electron chi connectivity index (χ1n) is 32.0. The lowest BCUT2D eigenvalue weighted by Gasteiger charge is -2.18. The second-order valence-electron chi connectivity index (χ2n) is 20.9. The van der Waals surface area contributed by atoms with Crippen LogP contribution in [-0.4, -0.2) is 37.2 Å². The van der Waals surface area contributed by atoms with Crippen LogP contribution in [0.3, 0.4) is 0 Å². The maximum absolute atomic E-state index is 12.9. The number of rotatable bonds is 57. The van der Waals surface area contributed by atoms with E-state index in [1.165, 1.54) is 128 Å². The van der Waals surface area contributed by atoms with Crippen molar-refractivity contribution in [2.45, 2.75) is 297 Å². The molecule has 77 heavy (non-hydrogen) atoms. The number of hydrogen-bond acceptors (Lipinski definition) is 6. The highest BCUT2D eigenvalue weighted by atomic mass is 16.6. The predicted octanol–water partition coefficient (Wildman–Crippen LogP) is 22.0. The van der Waals surface area contributed by atoms with Crippen molar-refractivity contribution in [1.82, 2.24) is 0 Å². The van der Waals surface area contributed by atoms with E-state index in [-0.39, 0.29) is 37.5 Å². The molecule has 0 amide bonds. The van der Waals surface area contributed by atoms with E-state index in [1.54, 1.807) is 0 Å². The van der Waals surface area contributed by atoms with Crippen molar-refractivity contribution in [3.05, 3.63) is 122 Å². The van der Waals surface area contributed by atoms with Crippen molar-refractivity contribution in [2.75, 3.05) is 13.2 Å². The Labute approximate surface area is 475 Å². The lowest BCUT2D eigenvalue weighted by Crippen LogP contribution is -2.30. The van der Waals surface area contributed by atoms with Crippen molar-refractivity contribution in [3.63, 3.8) is 0 Å². The lowest BCUT2D eigenvalue weighted by atomic mass is 10.0. The number of unbranched alkanes of at least 4 members (excludes halogenated alkanes) is 26.